The average Bonchev–Trinajstić information content (AvgIpc) is 3.00. The minimum Gasteiger partial charge on any atom is -0.481 e. The van der Waals surface area contributed by atoms with Crippen molar-refractivity contribution in [1.82, 2.24) is 9.88 Å². The lowest BCUT2D eigenvalue weighted by molar-refractivity contribution is -0.188. The van der Waals surface area contributed by atoms with Gasteiger partial charge in [-0.15, -0.1) is 0 Å². The Morgan fingerprint density at radius 2 is 2.00 bits per heavy atom. The van der Waals surface area contributed by atoms with E-state index in [1.165, 1.54) is 0 Å². The molecule has 0 bridgehead atoms. The van der Waals surface area contributed by atoms with Gasteiger partial charge in [0, 0.05) is 31.4 Å². The molecular weight excluding hydrogens is 333 g/mol. The number of rotatable bonds is 4. The van der Waals surface area contributed by atoms with Crippen LogP contribution in [0.3, 0.4) is 0 Å². The maximum atomic E-state index is 13.1. The number of alkyl halides is 3. The van der Waals surface area contributed by atoms with Gasteiger partial charge in [0.2, 0.25) is 0 Å². The third-order valence-electron chi connectivity index (χ3n) is 4.43. The number of halogens is 3. The van der Waals surface area contributed by atoms with Gasteiger partial charge < -0.3 is 5.11 Å². The molecule has 1 aromatic carbocycles. The Bertz CT molecular complexity index is 749. The molecule has 1 aromatic heterocycles. The third-order valence-corrected chi connectivity index (χ3v) is 4.43. The summed E-state index contributed by atoms with van der Waals surface area (Å²) in [5.41, 5.74) is 2.48. The second-order valence-corrected chi connectivity index (χ2v) is 6.20. The number of nitrogens with zero attached hydrogens (tertiary/aromatic N) is 2. The molecule has 0 spiro atoms. The van der Waals surface area contributed by atoms with Crippen LogP contribution >= 0.6 is 0 Å². The van der Waals surface area contributed by atoms with Crippen molar-refractivity contribution in [1.29, 1.82) is 0 Å². The molecule has 1 saturated heterocycles. The van der Waals surface area contributed by atoms with Crippen molar-refractivity contribution in [2.24, 2.45) is 11.8 Å². The number of carboxylic acids is 1. The van der Waals surface area contributed by atoms with Crippen molar-refractivity contribution in [2.45, 2.75) is 12.7 Å². The van der Waals surface area contributed by atoms with Gasteiger partial charge in [-0.2, -0.15) is 13.2 Å². The van der Waals surface area contributed by atoms with E-state index in [9.17, 15) is 18.0 Å². The van der Waals surface area contributed by atoms with Crippen LogP contribution in [-0.4, -0.2) is 40.2 Å². The highest BCUT2D eigenvalue weighted by Gasteiger charge is 2.52. The zero-order valence-corrected chi connectivity index (χ0v) is 13.3. The van der Waals surface area contributed by atoms with Gasteiger partial charge in [0.05, 0.1) is 17.5 Å². The van der Waals surface area contributed by atoms with E-state index in [4.69, 9.17) is 5.11 Å². The normalized spacial score (nSPS) is 21.4. The summed E-state index contributed by atoms with van der Waals surface area (Å²) in [4.78, 5) is 17.0. The highest BCUT2D eigenvalue weighted by Crippen LogP contribution is 2.38. The van der Waals surface area contributed by atoms with Crippen LogP contribution in [0.25, 0.3) is 11.3 Å². The molecule has 0 aliphatic carbocycles. The molecule has 2 atom stereocenters. The summed E-state index contributed by atoms with van der Waals surface area (Å²) < 4.78 is 39.2. The molecule has 0 amide bonds. The molecule has 132 valence electrons. The first kappa shape index (κ1) is 17.4. The van der Waals surface area contributed by atoms with Crippen LogP contribution in [0.4, 0.5) is 13.2 Å². The standard InChI is InChI=1S/C18H17F3N2O2/c19-18(20,21)15-11-23(10-14(15)17(24)25)9-12-4-3-5-13(8-12)16-6-1-2-7-22-16/h1-8,14-15H,9-11H2,(H,24,25)/t14-,15-/m1/s1. The van der Waals surface area contributed by atoms with Gasteiger partial charge in [-0.3, -0.25) is 14.7 Å². The minimum absolute atomic E-state index is 0.104. The molecule has 7 heteroatoms. The second-order valence-electron chi connectivity index (χ2n) is 6.20. The van der Waals surface area contributed by atoms with Crippen LogP contribution in [0.2, 0.25) is 0 Å². The summed E-state index contributed by atoms with van der Waals surface area (Å²) in [6.07, 6.45) is -2.83. The Kier molecular flexibility index (Phi) is 4.76. The third kappa shape index (κ3) is 3.99. The summed E-state index contributed by atoms with van der Waals surface area (Å²) >= 11 is 0. The molecule has 0 unspecified atom stereocenters. The number of pyridine rings is 1. The minimum atomic E-state index is -4.51. The lowest BCUT2D eigenvalue weighted by atomic mass is 9.96. The summed E-state index contributed by atoms with van der Waals surface area (Å²) in [5, 5.41) is 9.09. The molecule has 1 aliphatic rings. The molecule has 3 rings (SSSR count). The molecular formula is C18H17F3N2O2. The number of carboxylic acid groups (broad SMARTS) is 1. The molecule has 1 fully saturated rings. The molecule has 4 nitrogen and oxygen atoms in total. The van der Waals surface area contributed by atoms with E-state index in [2.05, 4.69) is 4.98 Å². The van der Waals surface area contributed by atoms with E-state index in [0.29, 0.717) is 0 Å². The van der Waals surface area contributed by atoms with E-state index in [-0.39, 0.29) is 19.6 Å². The summed E-state index contributed by atoms with van der Waals surface area (Å²) in [7, 11) is 0. The first-order valence-electron chi connectivity index (χ1n) is 7.87. The van der Waals surface area contributed by atoms with Crippen molar-refractivity contribution in [3.05, 3.63) is 54.2 Å². The van der Waals surface area contributed by atoms with Crippen molar-refractivity contribution in [3.63, 3.8) is 0 Å². The molecule has 2 aromatic rings. The average molecular weight is 350 g/mol. The van der Waals surface area contributed by atoms with E-state index >= 15 is 0 Å². The van der Waals surface area contributed by atoms with Gasteiger partial charge in [-0.05, 0) is 23.8 Å². The Balaban J connectivity index is 1.76. The number of likely N-dealkylation sites (tertiary alicyclic amines) is 1. The van der Waals surface area contributed by atoms with Gasteiger partial charge in [0.1, 0.15) is 0 Å². The van der Waals surface area contributed by atoms with E-state index in [1.807, 2.05) is 36.4 Å². The number of benzene rings is 1. The number of aromatic nitrogens is 1. The fourth-order valence-corrected chi connectivity index (χ4v) is 3.22. The first-order chi connectivity index (χ1) is 11.8. The predicted octanol–water partition coefficient (Wildman–Crippen LogP) is 3.44. The Hall–Kier alpha value is -2.41. The van der Waals surface area contributed by atoms with Crippen LogP contribution in [0.1, 0.15) is 5.56 Å². The number of hydrogen-bond donors (Lipinski definition) is 1. The molecule has 0 saturated carbocycles. The molecule has 1 aliphatic heterocycles. The van der Waals surface area contributed by atoms with Gasteiger partial charge in [-0.25, -0.2) is 0 Å². The topological polar surface area (TPSA) is 53.4 Å². The quantitative estimate of drug-likeness (QED) is 0.918. The molecule has 2 heterocycles. The van der Waals surface area contributed by atoms with Crippen molar-refractivity contribution in [2.75, 3.05) is 13.1 Å². The van der Waals surface area contributed by atoms with E-state index < -0.39 is 24.0 Å². The molecule has 0 radical (unpaired) electrons. The van der Waals surface area contributed by atoms with Gasteiger partial charge >= 0.3 is 12.1 Å². The molecule has 25 heavy (non-hydrogen) atoms. The van der Waals surface area contributed by atoms with Crippen LogP contribution in [-0.2, 0) is 11.3 Å². The maximum Gasteiger partial charge on any atom is 0.393 e. The number of aliphatic carboxylic acids is 1. The lowest BCUT2D eigenvalue weighted by Gasteiger charge is -2.18. The maximum absolute atomic E-state index is 13.1. The molecule has 1 N–H and O–H groups in total. The lowest BCUT2D eigenvalue weighted by Crippen LogP contribution is -2.33. The van der Waals surface area contributed by atoms with E-state index in [1.54, 1.807) is 17.2 Å². The van der Waals surface area contributed by atoms with Gasteiger partial charge in [0.15, 0.2) is 0 Å². The highest BCUT2D eigenvalue weighted by atomic mass is 19.4. The smallest absolute Gasteiger partial charge is 0.393 e. The van der Waals surface area contributed by atoms with Gasteiger partial charge in [0.25, 0.3) is 0 Å². The Morgan fingerprint density at radius 1 is 1.20 bits per heavy atom. The largest absolute Gasteiger partial charge is 0.481 e. The summed E-state index contributed by atoms with van der Waals surface area (Å²) in [5.74, 6) is -4.64. The zero-order valence-electron chi connectivity index (χ0n) is 13.3. The number of carbonyl (C=O) groups is 1. The van der Waals surface area contributed by atoms with Crippen LogP contribution < -0.4 is 0 Å². The highest BCUT2D eigenvalue weighted by molar-refractivity contribution is 5.71. The van der Waals surface area contributed by atoms with Gasteiger partial charge in [-0.1, -0.05) is 24.3 Å². The monoisotopic (exact) mass is 350 g/mol. The Morgan fingerprint density at radius 3 is 2.60 bits per heavy atom. The van der Waals surface area contributed by atoms with Crippen molar-refractivity contribution in [3.8, 4) is 11.3 Å². The number of hydrogen-bond acceptors (Lipinski definition) is 3. The summed E-state index contributed by atoms with van der Waals surface area (Å²) in [6.45, 7) is -0.126. The van der Waals surface area contributed by atoms with Crippen LogP contribution in [0.5, 0.6) is 0 Å². The van der Waals surface area contributed by atoms with E-state index in [0.717, 1.165) is 16.8 Å². The van der Waals surface area contributed by atoms with Crippen molar-refractivity contribution >= 4 is 5.97 Å². The van der Waals surface area contributed by atoms with Crippen LogP contribution in [0.15, 0.2) is 48.7 Å². The Labute approximate surface area is 142 Å². The summed E-state index contributed by atoms with van der Waals surface area (Å²) in [6, 6.07) is 12.9. The fraction of sp³-hybridized carbons (Fsp3) is 0.333. The van der Waals surface area contributed by atoms with Crippen LogP contribution in [0, 0.1) is 11.8 Å². The van der Waals surface area contributed by atoms with Crippen molar-refractivity contribution < 1.29 is 23.1 Å². The second kappa shape index (κ2) is 6.84. The zero-order chi connectivity index (χ0) is 18.0. The predicted molar refractivity (Wildman–Crippen MR) is 85.6 cm³/mol. The SMILES string of the molecule is O=C(O)[C@@H]1CN(Cc2cccc(-c3ccccn3)c2)C[C@H]1C(F)(F)F. The fourth-order valence-electron chi connectivity index (χ4n) is 3.22. The first-order valence-corrected chi connectivity index (χ1v) is 7.87.